The second-order valence-electron chi connectivity index (χ2n) is 5.62. The summed E-state index contributed by atoms with van der Waals surface area (Å²) in [5.41, 5.74) is 5.22. The SMILES string of the molecule is CCCn1nc(C(=O)N(CC(N)=O)C2CCCC2)ccc1=O. The Hall–Kier alpha value is -2.18. The molecule has 2 amide bonds. The zero-order valence-electron chi connectivity index (χ0n) is 12.8. The first-order valence-electron chi connectivity index (χ1n) is 7.70. The molecule has 120 valence electrons. The number of primary amides is 1. The van der Waals surface area contributed by atoms with Gasteiger partial charge in [0.15, 0.2) is 0 Å². The van der Waals surface area contributed by atoms with Crippen LogP contribution in [0.3, 0.4) is 0 Å². The molecule has 7 nitrogen and oxygen atoms in total. The molecule has 1 aliphatic carbocycles. The van der Waals surface area contributed by atoms with Gasteiger partial charge in [-0.2, -0.15) is 5.10 Å². The first-order valence-corrected chi connectivity index (χ1v) is 7.70. The van der Waals surface area contributed by atoms with Crippen LogP contribution in [0.25, 0.3) is 0 Å². The van der Waals surface area contributed by atoms with Gasteiger partial charge in [-0.3, -0.25) is 14.4 Å². The third-order valence-electron chi connectivity index (χ3n) is 3.87. The predicted octanol–water partition coefficient (Wildman–Crippen LogP) is 0.523. The lowest BCUT2D eigenvalue weighted by atomic mass is 10.2. The third-order valence-corrected chi connectivity index (χ3v) is 3.87. The molecule has 1 saturated carbocycles. The lowest BCUT2D eigenvalue weighted by molar-refractivity contribution is -0.119. The topological polar surface area (TPSA) is 98.3 Å². The van der Waals surface area contributed by atoms with Crippen molar-refractivity contribution in [3.8, 4) is 0 Å². The van der Waals surface area contributed by atoms with E-state index in [-0.39, 0.29) is 29.7 Å². The summed E-state index contributed by atoms with van der Waals surface area (Å²) in [7, 11) is 0. The molecule has 0 aromatic carbocycles. The number of nitrogens with zero attached hydrogens (tertiary/aromatic N) is 3. The Labute approximate surface area is 129 Å². The smallest absolute Gasteiger partial charge is 0.275 e. The molecule has 0 saturated heterocycles. The number of hydrogen-bond donors (Lipinski definition) is 1. The zero-order valence-corrected chi connectivity index (χ0v) is 12.8. The lowest BCUT2D eigenvalue weighted by Crippen LogP contribution is -2.45. The number of hydrogen-bond acceptors (Lipinski definition) is 4. The molecule has 1 fully saturated rings. The number of nitrogens with two attached hydrogens (primary N) is 1. The maximum absolute atomic E-state index is 12.7. The molecule has 0 unspecified atom stereocenters. The van der Waals surface area contributed by atoms with Gasteiger partial charge in [-0.25, -0.2) is 4.68 Å². The maximum Gasteiger partial charge on any atom is 0.275 e. The molecular formula is C15H22N4O3. The van der Waals surface area contributed by atoms with Crippen LogP contribution in [0.2, 0.25) is 0 Å². The van der Waals surface area contributed by atoms with Crippen LogP contribution in [0.4, 0.5) is 0 Å². The second-order valence-corrected chi connectivity index (χ2v) is 5.62. The van der Waals surface area contributed by atoms with E-state index in [0.717, 1.165) is 32.1 Å². The number of carbonyl (C=O) groups is 2. The summed E-state index contributed by atoms with van der Waals surface area (Å²) in [6, 6.07) is 2.78. The van der Waals surface area contributed by atoms with Gasteiger partial charge in [0.2, 0.25) is 5.91 Å². The van der Waals surface area contributed by atoms with E-state index in [1.807, 2.05) is 6.92 Å². The number of amides is 2. The van der Waals surface area contributed by atoms with E-state index in [1.54, 1.807) is 0 Å². The summed E-state index contributed by atoms with van der Waals surface area (Å²) in [6.45, 7) is 2.28. The minimum absolute atomic E-state index is 0.0216. The van der Waals surface area contributed by atoms with Crippen molar-refractivity contribution in [2.24, 2.45) is 5.73 Å². The van der Waals surface area contributed by atoms with E-state index in [9.17, 15) is 14.4 Å². The van der Waals surface area contributed by atoms with E-state index < -0.39 is 5.91 Å². The van der Waals surface area contributed by atoms with Gasteiger partial charge in [0.25, 0.3) is 11.5 Å². The Kier molecular flexibility index (Phi) is 5.30. The molecule has 1 aromatic heterocycles. The van der Waals surface area contributed by atoms with Gasteiger partial charge in [-0.15, -0.1) is 0 Å². The van der Waals surface area contributed by atoms with Gasteiger partial charge < -0.3 is 10.6 Å². The highest BCUT2D eigenvalue weighted by Crippen LogP contribution is 2.24. The van der Waals surface area contributed by atoms with Crippen LogP contribution in [0.5, 0.6) is 0 Å². The summed E-state index contributed by atoms with van der Waals surface area (Å²) < 4.78 is 1.28. The normalized spacial score (nSPS) is 15.0. The van der Waals surface area contributed by atoms with E-state index >= 15 is 0 Å². The molecule has 1 aromatic rings. The Morgan fingerprint density at radius 2 is 2.05 bits per heavy atom. The highest BCUT2D eigenvalue weighted by Gasteiger charge is 2.29. The monoisotopic (exact) mass is 306 g/mol. The summed E-state index contributed by atoms with van der Waals surface area (Å²) in [5, 5.41) is 4.12. The van der Waals surface area contributed by atoms with E-state index in [4.69, 9.17) is 5.73 Å². The average Bonchev–Trinajstić information content (AvgIpc) is 3.00. The lowest BCUT2D eigenvalue weighted by Gasteiger charge is -2.27. The molecule has 2 rings (SSSR count). The molecule has 2 N–H and O–H groups in total. The Morgan fingerprint density at radius 3 is 2.64 bits per heavy atom. The van der Waals surface area contributed by atoms with E-state index in [0.29, 0.717) is 6.54 Å². The molecule has 0 bridgehead atoms. The maximum atomic E-state index is 12.7. The number of carbonyl (C=O) groups excluding carboxylic acids is 2. The van der Waals surface area contributed by atoms with Gasteiger partial charge in [0, 0.05) is 18.7 Å². The Balaban J connectivity index is 2.27. The highest BCUT2D eigenvalue weighted by atomic mass is 16.2. The van der Waals surface area contributed by atoms with Crippen LogP contribution in [0.15, 0.2) is 16.9 Å². The molecule has 22 heavy (non-hydrogen) atoms. The quantitative estimate of drug-likeness (QED) is 0.828. The van der Waals surface area contributed by atoms with Gasteiger partial charge in [0.05, 0.1) is 6.54 Å². The molecule has 1 heterocycles. The Morgan fingerprint density at radius 1 is 1.36 bits per heavy atom. The first kappa shape index (κ1) is 16.2. The van der Waals surface area contributed by atoms with Crippen molar-refractivity contribution < 1.29 is 9.59 Å². The van der Waals surface area contributed by atoms with Crippen molar-refractivity contribution >= 4 is 11.8 Å². The molecular weight excluding hydrogens is 284 g/mol. The second kappa shape index (κ2) is 7.20. The molecule has 7 heteroatoms. The van der Waals surface area contributed by atoms with Crippen LogP contribution in [-0.4, -0.2) is 39.1 Å². The fourth-order valence-electron chi connectivity index (χ4n) is 2.83. The minimum atomic E-state index is -0.540. The fraction of sp³-hybridized carbons (Fsp3) is 0.600. The van der Waals surface area contributed by atoms with Crippen LogP contribution in [0.1, 0.15) is 49.5 Å². The van der Waals surface area contributed by atoms with E-state index in [1.165, 1.54) is 21.7 Å². The van der Waals surface area contributed by atoms with Crippen molar-refractivity contribution in [2.75, 3.05) is 6.54 Å². The molecule has 0 spiro atoms. The molecule has 0 aliphatic heterocycles. The summed E-state index contributed by atoms with van der Waals surface area (Å²) in [6.07, 6.45) is 4.56. The predicted molar refractivity (Wildman–Crippen MR) is 81.3 cm³/mol. The van der Waals surface area contributed by atoms with Crippen molar-refractivity contribution in [2.45, 2.75) is 51.6 Å². The Bertz CT molecular complexity index is 605. The van der Waals surface area contributed by atoms with Gasteiger partial charge in [-0.05, 0) is 25.3 Å². The number of rotatable bonds is 6. The van der Waals surface area contributed by atoms with Gasteiger partial charge in [0.1, 0.15) is 5.69 Å². The number of aryl methyl sites for hydroxylation is 1. The van der Waals surface area contributed by atoms with E-state index in [2.05, 4.69) is 5.10 Å². The van der Waals surface area contributed by atoms with Gasteiger partial charge >= 0.3 is 0 Å². The van der Waals surface area contributed by atoms with Crippen LogP contribution in [-0.2, 0) is 11.3 Å². The van der Waals surface area contributed by atoms with Gasteiger partial charge in [-0.1, -0.05) is 19.8 Å². The first-order chi connectivity index (χ1) is 10.5. The molecule has 0 radical (unpaired) electrons. The highest BCUT2D eigenvalue weighted by molar-refractivity contribution is 5.94. The largest absolute Gasteiger partial charge is 0.368 e. The average molecular weight is 306 g/mol. The summed E-state index contributed by atoms with van der Waals surface area (Å²) >= 11 is 0. The van der Waals surface area contributed by atoms with Crippen molar-refractivity contribution in [3.05, 3.63) is 28.2 Å². The van der Waals surface area contributed by atoms with Crippen molar-refractivity contribution in [1.82, 2.24) is 14.7 Å². The van der Waals surface area contributed by atoms with Crippen molar-refractivity contribution in [3.63, 3.8) is 0 Å². The number of aromatic nitrogens is 2. The standard InChI is InChI=1S/C15H22N4O3/c1-2-9-19-14(21)8-7-12(17-19)15(22)18(10-13(16)20)11-5-3-4-6-11/h7-8,11H,2-6,9-10H2,1H3,(H2,16,20). The van der Waals surface area contributed by atoms with Crippen molar-refractivity contribution in [1.29, 1.82) is 0 Å². The molecule has 0 atom stereocenters. The third kappa shape index (κ3) is 3.72. The van der Waals surface area contributed by atoms with Crippen LogP contribution >= 0.6 is 0 Å². The zero-order chi connectivity index (χ0) is 16.1. The summed E-state index contributed by atoms with van der Waals surface area (Å²) in [5.74, 6) is -0.877. The van der Waals surface area contributed by atoms with Crippen LogP contribution in [0, 0.1) is 0 Å². The fourth-order valence-corrected chi connectivity index (χ4v) is 2.83. The van der Waals surface area contributed by atoms with Crippen LogP contribution < -0.4 is 11.3 Å². The summed E-state index contributed by atoms with van der Waals surface area (Å²) in [4.78, 5) is 37.1. The minimum Gasteiger partial charge on any atom is -0.368 e. The molecule has 1 aliphatic rings.